The molecule has 0 spiro atoms. The SMILES string of the molecule is CCOC(=O)c1sc(N)c(C#N)c1CSc1ccc2ccccc2c1. The molecule has 0 saturated heterocycles. The third-order valence-electron chi connectivity index (χ3n) is 3.71. The Morgan fingerprint density at radius 2 is 2.04 bits per heavy atom. The highest BCUT2D eigenvalue weighted by Crippen LogP contribution is 2.36. The van der Waals surface area contributed by atoms with E-state index in [1.165, 1.54) is 5.39 Å². The molecule has 1 aromatic heterocycles. The van der Waals surface area contributed by atoms with Gasteiger partial charge in [-0.05, 0) is 29.8 Å². The van der Waals surface area contributed by atoms with Crippen molar-refractivity contribution in [2.75, 3.05) is 12.3 Å². The third kappa shape index (κ3) is 3.63. The second-order valence-corrected chi connectivity index (χ2v) is 7.38. The summed E-state index contributed by atoms with van der Waals surface area (Å²) < 4.78 is 5.09. The lowest BCUT2D eigenvalue weighted by atomic mass is 10.1. The summed E-state index contributed by atoms with van der Waals surface area (Å²) in [5.41, 5.74) is 6.94. The van der Waals surface area contributed by atoms with Crippen LogP contribution in [0.1, 0.15) is 27.7 Å². The van der Waals surface area contributed by atoms with Gasteiger partial charge in [-0.1, -0.05) is 30.3 Å². The summed E-state index contributed by atoms with van der Waals surface area (Å²) >= 11 is 2.69. The molecule has 126 valence electrons. The van der Waals surface area contributed by atoms with Crippen molar-refractivity contribution >= 4 is 44.8 Å². The highest BCUT2D eigenvalue weighted by atomic mass is 32.2. The number of rotatable bonds is 5. The molecular weight excluding hydrogens is 352 g/mol. The normalized spacial score (nSPS) is 10.6. The summed E-state index contributed by atoms with van der Waals surface area (Å²) in [7, 11) is 0. The minimum Gasteiger partial charge on any atom is -0.462 e. The topological polar surface area (TPSA) is 76.1 Å². The number of esters is 1. The number of nitriles is 1. The Labute approximate surface area is 154 Å². The first-order valence-corrected chi connectivity index (χ1v) is 9.54. The summed E-state index contributed by atoms with van der Waals surface area (Å²) in [6.07, 6.45) is 0. The van der Waals surface area contributed by atoms with Crippen LogP contribution < -0.4 is 5.73 Å². The van der Waals surface area contributed by atoms with Gasteiger partial charge < -0.3 is 10.5 Å². The molecule has 0 atom stereocenters. The number of anilines is 1. The number of benzene rings is 2. The molecule has 0 aliphatic heterocycles. The standard InChI is InChI=1S/C19H16N2O2S2/c1-2-23-19(22)17-16(15(10-20)18(21)25-17)11-24-14-8-7-12-5-3-4-6-13(12)9-14/h3-9H,2,11,21H2,1H3. The van der Waals surface area contributed by atoms with Crippen LogP contribution in [0, 0.1) is 11.3 Å². The molecule has 2 N–H and O–H groups in total. The second-order valence-electron chi connectivity index (χ2n) is 5.28. The van der Waals surface area contributed by atoms with Crippen molar-refractivity contribution in [3.63, 3.8) is 0 Å². The van der Waals surface area contributed by atoms with Crippen molar-refractivity contribution in [2.24, 2.45) is 0 Å². The quantitative estimate of drug-likeness (QED) is 0.516. The predicted octanol–water partition coefficient (Wildman–Crippen LogP) is 4.82. The predicted molar refractivity (Wildman–Crippen MR) is 103 cm³/mol. The summed E-state index contributed by atoms with van der Waals surface area (Å²) in [6.45, 7) is 2.04. The monoisotopic (exact) mass is 368 g/mol. The number of nitrogens with two attached hydrogens (primary N) is 1. The van der Waals surface area contributed by atoms with Crippen molar-refractivity contribution in [2.45, 2.75) is 17.6 Å². The van der Waals surface area contributed by atoms with E-state index in [9.17, 15) is 10.1 Å². The molecule has 25 heavy (non-hydrogen) atoms. The number of nitrogen functional groups attached to an aromatic ring is 1. The fraction of sp³-hybridized carbons (Fsp3) is 0.158. The van der Waals surface area contributed by atoms with E-state index in [2.05, 4.69) is 30.3 Å². The van der Waals surface area contributed by atoms with Crippen molar-refractivity contribution in [1.82, 2.24) is 0 Å². The van der Waals surface area contributed by atoms with Crippen LogP contribution in [0.3, 0.4) is 0 Å². The average Bonchev–Trinajstić information content (AvgIpc) is 2.95. The molecule has 1 heterocycles. The van der Waals surface area contributed by atoms with Crippen LogP contribution in [0.5, 0.6) is 0 Å². The van der Waals surface area contributed by atoms with E-state index >= 15 is 0 Å². The van der Waals surface area contributed by atoms with E-state index in [0.717, 1.165) is 21.6 Å². The summed E-state index contributed by atoms with van der Waals surface area (Å²) in [5, 5.41) is 12.1. The third-order valence-corrected chi connectivity index (χ3v) is 5.77. The van der Waals surface area contributed by atoms with E-state index in [-0.39, 0.29) is 6.61 Å². The van der Waals surface area contributed by atoms with Crippen molar-refractivity contribution in [3.8, 4) is 6.07 Å². The van der Waals surface area contributed by atoms with E-state index in [4.69, 9.17) is 10.5 Å². The molecule has 3 aromatic rings. The van der Waals surface area contributed by atoms with Crippen LogP contribution in [-0.2, 0) is 10.5 Å². The Hall–Kier alpha value is -2.49. The minimum atomic E-state index is -0.421. The first kappa shape index (κ1) is 17.3. The van der Waals surface area contributed by atoms with E-state index in [1.54, 1.807) is 18.7 Å². The maximum atomic E-state index is 12.1. The average molecular weight is 368 g/mol. The molecular formula is C19H16N2O2S2. The summed E-state index contributed by atoms with van der Waals surface area (Å²) in [6, 6.07) is 16.5. The van der Waals surface area contributed by atoms with Gasteiger partial charge in [0.15, 0.2) is 0 Å². The molecule has 3 rings (SSSR count). The fourth-order valence-electron chi connectivity index (χ4n) is 2.52. The largest absolute Gasteiger partial charge is 0.462 e. The van der Waals surface area contributed by atoms with Crippen molar-refractivity contribution in [1.29, 1.82) is 5.26 Å². The molecule has 0 fully saturated rings. The first-order chi connectivity index (χ1) is 12.1. The van der Waals surface area contributed by atoms with Crippen LogP contribution in [0.25, 0.3) is 10.8 Å². The van der Waals surface area contributed by atoms with Gasteiger partial charge in [-0.3, -0.25) is 0 Å². The van der Waals surface area contributed by atoms with Gasteiger partial charge in [0.25, 0.3) is 0 Å². The number of thioether (sulfide) groups is 1. The Morgan fingerprint density at radius 3 is 2.76 bits per heavy atom. The lowest BCUT2D eigenvalue weighted by Crippen LogP contribution is -2.05. The van der Waals surface area contributed by atoms with Crippen molar-refractivity contribution in [3.05, 3.63) is 58.5 Å². The van der Waals surface area contributed by atoms with Crippen LogP contribution >= 0.6 is 23.1 Å². The van der Waals surface area contributed by atoms with Gasteiger partial charge in [0.1, 0.15) is 15.9 Å². The molecule has 0 aliphatic carbocycles. The number of thiophene rings is 1. The van der Waals surface area contributed by atoms with Gasteiger partial charge in [-0.15, -0.1) is 23.1 Å². The smallest absolute Gasteiger partial charge is 0.348 e. The second kappa shape index (κ2) is 7.60. The molecule has 6 heteroatoms. The van der Waals surface area contributed by atoms with E-state index < -0.39 is 5.97 Å². The maximum absolute atomic E-state index is 12.1. The first-order valence-electron chi connectivity index (χ1n) is 7.74. The molecule has 0 aliphatic rings. The number of ether oxygens (including phenoxy) is 1. The molecule has 0 bridgehead atoms. The zero-order valence-corrected chi connectivity index (χ0v) is 15.2. The number of hydrogen-bond donors (Lipinski definition) is 1. The van der Waals surface area contributed by atoms with Crippen molar-refractivity contribution < 1.29 is 9.53 Å². The maximum Gasteiger partial charge on any atom is 0.348 e. The number of carbonyl (C=O) groups is 1. The lowest BCUT2D eigenvalue weighted by Gasteiger charge is -2.06. The van der Waals surface area contributed by atoms with Gasteiger partial charge >= 0.3 is 5.97 Å². The molecule has 0 unspecified atom stereocenters. The Kier molecular flexibility index (Phi) is 5.27. The summed E-state index contributed by atoms with van der Waals surface area (Å²) in [4.78, 5) is 13.6. The Bertz CT molecular complexity index is 973. The number of hydrogen-bond acceptors (Lipinski definition) is 6. The molecule has 2 aromatic carbocycles. The zero-order chi connectivity index (χ0) is 17.8. The van der Waals surface area contributed by atoms with Gasteiger partial charge in [0, 0.05) is 16.2 Å². The molecule has 0 saturated carbocycles. The highest BCUT2D eigenvalue weighted by molar-refractivity contribution is 7.98. The van der Waals surface area contributed by atoms with E-state index in [0.29, 0.717) is 26.8 Å². The van der Waals surface area contributed by atoms with E-state index in [1.807, 2.05) is 18.2 Å². The summed E-state index contributed by atoms with van der Waals surface area (Å²) in [5.74, 6) is 0.0677. The number of carbonyl (C=O) groups excluding carboxylic acids is 1. The van der Waals surface area contributed by atoms with Crippen LogP contribution in [0.4, 0.5) is 5.00 Å². The lowest BCUT2D eigenvalue weighted by molar-refractivity contribution is 0.0531. The van der Waals surface area contributed by atoms with Gasteiger partial charge in [-0.25, -0.2) is 4.79 Å². The zero-order valence-electron chi connectivity index (χ0n) is 13.6. The van der Waals surface area contributed by atoms with Gasteiger partial charge in [0.2, 0.25) is 0 Å². The Morgan fingerprint density at radius 1 is 1.28 bits per heavy atom. The molecule has 0 amide bonds. The Balaban J connectivity index is 1.88. The van der Waals surface area contributed by atoms with Gasteiger partial charge in [0.05, 0.1) is 12.2 Å². The molecule has 0 radical (unpaired) electrons. The number of fused-ring (bicyclic) bond motifs is 1. The van der Waals surface area contributed by atoms with Gasteiger partial charge in [-0.2, -0.15) is 5.26 Å². The minimum absolute atomic E-state index is 0.287. The fourth-order valence-corrected chi connectivity index (χ4v) is 4.52. The number of nitrogens with zero attached hydrogens (tertiary/aromatic N) is 1. The van der Waals surface area contributed by atoms with Crippen LogP contribution in [0.2, 0.25) is 0 Å². The van der Waals surface area contributed by atoms with Crippen LogP contribution in [0.15, 0.2) is 47.4 Å². The van der Waals surface area contributed by atoms with Crippen LogP contribution in [-0.4, -0.2) is 12.6 Å². The molecule has 4 nitrogen and oxygen atoms in total. The highest BCUT2D eigenvalue weighted by Gasteiger charge is 2.22.